The number of amides is 1. The van der Waals surface area contributed by atoms with Crippen molar-refractivity contribution in [1.82, 2.24) is 4.90 Å². The summed E-state index contributed by atoms with van der Waals surface area (Å²) in [4.78, 5) is 29.0. The number of carbonyl (C=O) groups is 1. The Morgan fingerprint density at radius 2 is 1.84 bits per heavy atom. The quantitative estimate of drug-likeness (QED) is 0.249. The first-order valence-electron chi connectivity index (χ1n) is 12.4. The highest BCUT2D eigenvalue weighted by Crippen LogP contribution is 2.42. The number of hydrogen-bond acceptors (Lipinski definition) is 5. The highest BCUT2D eigenvalue weighted by Gasteiger charge is 2.43. The van der Waals surface area contributed by atoms with Gasteiger partial charge in [0.05, 0.1) is 30.7 Å². The van der Waals surface area contributed by atoms with Crippen LogP contribution in [0.1, 0.15) is 53.6 Å². The zero-order valence-electron chi connectivity index (χ0n) is 21.3. The van der Waals surface area contributed by atoms with E-state index < -0.39 is 23.2 Å². The van der Waals surface area contributed by atoms with Crippen LogP contribution in [-0.2, 0) is 6.54 Å². The van der Waals surface area contributed by atoms with Gasteiger partial charge in [-0.05, 0) is 59.9 Å². The molecular weight excluding hydrogens is 509 g/mol. The van der Waals surface area contributed by atoms with Crippen LogP contribution in [0, 0.1) is 11.7 Å². The zero-order valence-corrected chi connectivity index (χ0v) is 22.0. The van der Waals surface area contributed by atoms with Crippen molar-refractivity contribution in [2.75, 3.05) is 13.7 Å². The molecule has 1 unspecified atom stereocenters. The van der Waals surface area contributed by atoms with Gasteiger partial charge in [0.25, 0.3) is 5.91 Å². The lowest BCUT2D eigenvalue weighted by atomic mass is 9.97. The minimum Gasteiger partial charge on any atom is -0.493 e. The van der Waals surface area contributed by atoms with Crippen LogP contribution in [0.25, 0.3) is 11.0 Å². The van der Waals surface area contributed by atoms with Crippen molar-refractivity contribution in [3.05, 3.63) is 104 Å². The topological polar surface area (TPSA) is 69.0 Å². The smallest absolute Gasteiger partial charge is 0.291 e. The Morgan fingerprint density at radius 1 is 1.05 bits per heavy atom. The molecule has 3 aromatic carbocycles. The molecule has 4 aromatic rings. The van der Waals surface area contributed by atoms with Gasteiger partial charge in [0.15, 0.2) is 16.9 Å². The van der Waals surface area contributed by atoms with E-state index in [-0.39, 0.29) is 28.8 Å². The second-order valence-electron chi connectivity index (χ2n) is 9.68. The molecule has 8 heteroatoms. The predicted molar refractivity (Wildman–Crippen MR) is 144 cm³/mol. The van der Waals surface area contributed by atoms with Gasteiger partial charge in [0, 0.05) is 11.6 Å². The maximum Gasteiger partial charge on any atom is 0.291 e. The maximum atomic E-state index is 14.1. The average Bonchev–Trinajstić information content (AvgIpc) is 3.17. The third-order valence-electron chi connectivity index (χ3n) is 6.68. The summed E-state index contributed by atoms with van der Waals surface area (Å²) < 4.78 is 31.5. The summed E-state index contributed by atoms with van der Waals surface area (Å²) in [6.45, 7) is 4.89. The molecule has 6 nitrogen and oxygen atoms in total. The molecule has 0 saturated carbocycles. The first-order valence-corrected chi connectivity index (χ1v) is 12.8. The van der Waals surface area contributed by atoms with E-state index in [1.807, 2.05) is 12.1 Å². The largest absolute Gasteiger partial charge is 0.493 e. The highest BCUT2D eigenvalue weighted by molar-refractivity contribution is 6.31. The molecule has 1 aromatic heterocycles. The van der Waals surface area contributed by atoms with E-state index in [1.165, 1.54) is 19.2 Å². The number of carbonyl (C=O) groups excluding carboxylic acids is 1. The predicted octanol–water partition coefficient (Wildman–Crippen LogP) is 6.76. The molecule has 0 saturated heterocycles. The Balaban J connectivity index is 1.65. The second kappa shape index (κ2) is 10.5. The van der Waals surface area contributed by atoms with Crippen LogP contribution in [0.5, 0.6) is 11.5 Å². The number of rotatable bonds is 8. The molecule has 0 spiro atoms. The first kappa shape index (κ1) is 25.8. The van der Waals surface area contributed by atoms with Crippen molar-refractivity contribution in [2.24, 2.45) is 5.92 Å². The van der Waals surface area contributed by atoms with Crippen LogP contribution in [0.15, 0.2) is 69.9 Å². The lowest BCUT2D eigenvalue weighted by Gasteiger charge is -2.26. The molecular formula is C30H27ClFNO5. The molecule has 2 heterocycles. The number of nitrogens with zero attached hydrogens (tertiary/aromatic N) is 1. The standard InChI is InChI=1S/C30H27ClFNO5/c1-17(2)12-13-37-24-10-8-18(14-25(24)36-3)27-26-28(34)21-15-20(32)9-11-23(21)38-29(26)30(35)33(27)16-19-6-4-5-7-22(19)31/h4-11,14-15,17,27H,12-13,16H2,1-3H3. The van der Waals surface area contributed by atoms with Crippen LogP contribution in [0.2, 0.25) is 5.02 Å². The van der Waals surface area contributed by atoms with Gasteiger partial charge in [0.1, 0.15) is 11.4 Å². The van der Waals surface area contributed by atoms with E-state index in [0.29, 0.717) is 40.2 Å². The van der Waals surface area contributed by atoms with Crippen LogP contribution < -0.4 is 14.9 Å². The minimum atomic E-state index is -0.809. The van der Waals surface area contributed by atoms with E-state index in [1.54, 1.807) is 35.2 Å². The molecule has 0 N–H and O–H groups in total. The third kappa shape index (κ3) is 4.74. The van der Waals surface area contributed by atoms with E-state index in [4.69, 9.17) is 25.5 Å². The molecule has 0 radical (unpaired) electrons. The number of benzene rings is 3. The van der Waals surface area contributed by atoms with Gasteiger partial charge in [0.2, 0.25) is 5.76 Å². The van der Waals surface area contributed by atoms with Gasteiger partial charge >= 0.3 is 0 Å². The lowest BCUT2D eigenvalue weighted by Crippen LogP contribution is -2.29. The molecule has 0 fully saturated rings. The number of ether oxygens (including phenoxy) is 2. The molecule has 1 atom stereocenters. The fraction of sp³-hybridized carbons (Fsp3) is 0.267. The molecule has 196 valence electrons. The van der Waals surface area contributed by atoms with Crippen molar-refractivity contribution in [2.45, 2.75) is 32.9 Å². The summed E-state index contributed by atoms with van der Waals surface area (Å²) in [5.41, 5.74) is 1.17. The average molecular weight is 536 g/mol. The summed E-state index contributed by atoms with van der Waals surface area (Å²) in [5.74, 6) is 0.432. The normalized spacial score (nSPS) is 14.8. The Labute approximate surface area is 224 Å². The van der Waals surface area contributed by atoms with Crippen LogP contribution in [0.4, 0.5) is 4.39 Å². The molecule has 1 aliphatic heterocycles. The highest BCUT2D eigenvalue weighted by atomic mass is 35.5. The van der Waals surface area contributed by atoms with E-state index in [0.717, 1.165) is 12.5 Å². The monoisotopic (exact) mass is 535 g/mol. The minimum absolute atomic E-state index is 0.0672. The zero-order chi connectivity index (χ0) is 27.0. The van der Waals surface area contributed by atoms with E-state index in [9.17, 15) is 14.0 Å². The Morgan fingerprint density at radius 3 is 2.58 bits per heavy atom. The lowest BCUT2D eigenvalue weighted by molar-refractivity contribution is 0.0714. The van der Waals surface area contributed by atoms with Crippen LogP contribution >= 0.6 is 11.6 Å². The number of hydrogen-bond donors (Lipinski definition) is 0. The van der Waals surface area contributed by atoms with Crippen molar-refractivity contribution >= 4 is 28.5 Å². The maximum absolute atomic E-state index is 14.1. The molecule has 38 heavy (non-hydrogen) atoms. The van der Waals surface area contributed by atoms with Gasteiger partial charge in [-0.2, -0.15) is 0 Å². The fourth-order valence-corrected chi connectivity index (χ4v) is 4.89. The first-order chi connectivity index (χ1) is 18.3. The summed E-state index contributed by atoms with van der Waals surface area (Å²) in [5, 5.41) is 0.565. The van der Waals surface area contributed by atoms with Crippen molar-refractivity contribution < 1.29 is 23.1 Å². The summed E-state index contributed by atoms with van der Waals surface area (Å²) in [6, 6.07) is 15.4. The van der Waals surface area contributed by atoms with Gasteiger partial charge in [-0.25, -0.2) is 4.39 Å². The van der Waals surface area contributed by atoms with Crippen molar-refractivity contribution in [3.63, 3.8) is 0 Å². The van der Waals surface area contributed by atoms with Gasteiger partial charge < -0.3 is 18.8 Å². The number of methoxy groups -OCH3 is 1. The number of fused-ring (bicyclic) bond motifs is 2. The molecule has 1 aliphatic rings. The second-order valence-corrected chi connectivity index (χ2v) is 10.1. The Bertz CT molecular complexity index is 1580. The van der Waals surface area contributed by atoms with Gasteiger partial charge in [-0.1, -0.05) is 49.7 Å². The van der Waals surface area contributed by atoms with Crippen molar-refractivity contribution in [1.29, 1.82) is 0 Å². The number of halogens is 2. The molecule has 5 rings (SSSR count). The summed E-state index contributed by atoms with van der Waals surface area (Å²) in [7, 11) is 1.54. The molecule has 0 bridgehead atoms. The van der Waals surface area contributed by atoms with Crippen LogP contribution in [-0.4, -0.2) is 24.5 Å². The van der Waals surface area contributed by atoms with Gasteiger partial charge in [-0.15, -0.1) is 0 Å². The fourth-order valence-electron chi connectivity index (χ4n) is 4.69. The van der Waals surface area contributed by atoms with Gasteiger partial charge in [-0.3, -0.25) is 9.59 Å². The Hall–Kier alpha value is -3.84. The summed E-state index contributed by atoms with van der Waals surface area (Å²) in [6.07, 6.45) is 0.881. The molecule has 1 amide bonds. The molecule has 0 aliphatic carbocycles. The van der Waals surface area contributed by atoms with Crippen molar-refractivity contribution in [3.8, 4) is 11.5 Å². The van der Waals surface area contributed by atoms with E-state index >= 15 is 0 Å². The SMILES string of the molecule is COc1cc(C2c3c(oc4ccc(F)cc4c3=O)C(=O)N2Cc2ccccc2Cl)ccc1OCCC(C)C. The van der Waals surface area contributed by atoms with Crippen LogP contribution in [0.3, 0.4) is 0 Å². The van der Waals surface area contributed by atoms with E-state index in [2.05, 4.69) is 13.8 Å². The summed E-state index contributed by atoms with van der Waals surface area (Å²) >= 11 is 6.43. The Kier molecular flexibility index (Phi) is 7.13. The third-order valence-corrected chi connectivity index (χ3v) is 7.05.